The number of nitrogens with zero attached hydrogens (tertiary/aromatic N) is 6. The summed E-state index contributed by atoms with van der Waals surface area (Å²) in [7, 11) is 2.03. The third kappa shape index (κ3) is 5.35. The second-order valence-electron chi connectivity index (χ2n) is 9.78. The van der Waals surface area contributed by atoms with Crippen molar-refractivity contribution in [2.75, 3.05) is 43.4 Å². The van der Waals surface area contributed by atoms with E-state index in [2.05, 4.69) is 54.7 Å². The van der Waals surface area contributed by atoms with Gasteiger partial charge in [0.05, 0.1) is 10.7 Å². The highest BCUT2D eigenvalue weighted by molar-refractivity contribution is 7.99. The van der Waals surface area contributed by atoms with Gasteiger partial charge in [0.15, 0.2) is 0 Å². The molecule has 0 bridgehead atoms. The van der Waals surface area contributed by atoms with Crippen molar-refractivity contribution < 1.29 is 0 Å². The number of piperazine rings is 1. The lowest BCUT2D eigenvalue weighted by molar-refractivity contribution is 0.258. The normalized spacial score (nSPS) is 18.2. The zero-order chi connectivity index (χ0) is 21.3. The highest BCUT2D eigenvalue weighted by Crippen LogP contribution is 2.40. The van der Waals surface area contributed by atoms with Crippen LogP contribution >= 0.6 is 11.8 Å². The summed E-state index contributed by atoms with van der Waals surface area (Å²) in [5.74, 6) is 3.94. The van der Waals surface area contributed by atoms with Crippen molar-refractivity contribution in [2.24, 2.45) is 7.05 Å². The minimum Gasteiger partial charge on any atom is -0.354 e. The Kier molecular flexibility index (Phi) is 6.39. The lowest BCUT2D eigenvalue weighted by atomic mass is 9.95. The van der Waals surface area contributed by atoms with E-state index in [0.29, 0.717) is 5.92 Å². The molecule has 0 radical (unpaired) electrons. The minimum absolute atomic E-state index is 0.00839. The smallest absolute Gasteiger partial charge is 0.136 e. The number of aromatic nitrogens is 4. The van der Waals surface area contributed by atoms with Crippen LogP contribution in [0.1, 0.15) is 63.2 Å². The first-order chi connectivity index (χ1) is 14.3. The Hall–Kier alpha value is -1.60. The Bertz CT molecular complexity index is 859. The van der Waals surface area contributed by atoms with Gasteiger partial charge in [-0.05, 0) is 38.8 Å². The van der Waals surface area contributed by atoms with Crippen LogP contribution in [0.15, 0.2) is 17.2 Å². The third-order valence-corrected chi connectivity index (χ3v) is 7.09. The average molecular weight is 429 g/mol. The molecule has 0 unspecified atom stereocenters. The fraction of sp³-hybridized carbons (Fsp3) is 0.696. The Labute approximate surface area is 185 Å². The number of aryl methyl sites for hydroxylation is 2. The first-order valence-electron chi connectivity index (χ1n) is 11.3. The zero-order valence-electron chi connectivity index (χ0n) is 19.2. The van der Waals surface area contributed by atoms with Crippen molar-refractivity contribution in [2.45, 2.75) is 63.3 Å². The summed E-state index contributed by atoms with van der Waals surface area (Å²) in [6, 6.07) is 4.43. The van der Waals surface area contributed by atoms with Gasteiger partial charge in [0, 0.05) is 62.1 Å². The van der Waals surface area contributed by atoms with E-state index in [1.165, 1.54) is 36.5 Å². The second kappa shape index (κ2) is 8.87. The average Bonchev–Trinajstić information content (AvgIpc) is 3.50. The predicted octanol–water partition coefficient (Wildman–Crippen LogP) is 4.00. The number of hydrogen-bond acceptors (Lipinski definition) is 6. The molecule has 1 aliphatic carbocycles. The van der Waals surface area contributed by atoms with E-state index in [9.17, 15) is 0 Å². The molecule has 2 aromatic rings. The molecule has 0 N–H and O–H groups in total. The van der Waals surface area contributed by atoms with Gasteiger partial charge in [-0.2, -0.15) is 5.10 Å². The summed E-state index contributed by atoms with van der Waals surface area (Å²) in [6.07, 6.45) is 3.77. The molecule has 2 fully saturated rings. The Morgan fingerprint density at radius 2 is 1.80 bits per heavy atom. The minimum atomic E-state index is -0.00839. The van der Waals surface area contributed by atoms with Crippen LogP contribution in [-0.4, -0.2) is 63.1 Å². The Balaban J connectivity index is 1.28. The molecule has 3 heterocycles. The van der Waals surface area contributed by atoms with Gasteiger partial charge < -0.3 is 4.90 Å². The van der Waals surface area contributed by atoms with Crippen LogP contribution in [-0.2, 0) is 12.5 Å². The predicted molar refractivity (Wildman–Crippen MR) is 125 cm³/mol. The first-order valence-corrected chi connectivity index (χ1v) is 12.3. The second-order valence-corrected chi connectivity index (χ2v) is 10.9. The van der Waals surface area contributed by atoms with Gasteiger partial charge in [-0.15, -0.1) is 11.8 Å². The summed E-state index contributed by atoms with van der Waals surface area (Å²) in [4.78, 5) is 14.9. The molecule has 0 atom stereocenters. The zero-order valence-corrected chi connectivity index (χ0v) is 20.0. The molecule has 0 amide bonds. The monoisotopic (exact) mass is 428 g/mol. The van der Waals surface area contributed by atoms with E-state index in [4.69, 9.17) is 9.97 Å². The summed E-state index contributed by atoms with van der Waals surface area (Å²) in [5, 5.41) is 5.69. The molecular weight excluding hydrogens is 392 g/mol. The first kappa shape index (κ1) is 21.6. The van der Waals surface area contributed by atoms with Crippen molar-refractivity contribution in [1.29, 1.82) is 0 Å². The molecule has 1 saturated carbocycles. The fourth-order valence-corrected chi connectivity index (χ4v) is 4.89. The van der Waals surface area contributed by atoms with E-state index < -0.39 is 0 Å². The van der Waals surface area contributed by atoms with Crippen molar-refractivity contribution >= 4 is 17.6 Å². The lowest BCUT2D eigenvalue weighted by Crippen LogP contribution is -2.47. The van der Waals surface area contributed by atoms with Gasteiger partial charge in [0.25, 0.3) is 0 Å². The molecule has 4 rings (SSSR count). The van der Waals surface area contributed by atoms with Gasteiger partial charge in [0.1, 0.15) is 11.6 Å². The van der Waals surface area contributed by atoms with Gasteiger partial charge in [-0.3, -0.25) is 9.58 Å². The van der Waals surface area contributed by atoms with Crippen LogP contribution in [0, 0.1) is 6.92 Å². The van der Waals surface area contributed by atoms with E-state index in [-0.39, 0.29) is 5.41 Å². The molecule has 7 heteroatoms. The summed E-state index contributed by atoms with van der Waals surface area (Å²) in [5.41, 5.74) is 2.35. The maximum Gasteiger partial charge on any atom is 0.136 e. The highest BCUT2D eigenvalue weighted by atomic mass is 32.2. The molecule has 1 saturated heterocycles. The van der Waals surface area contributed by atoms with Crippen LogP contribution in [0.4, 0.5) is 5.82 Å². The molecule has 30 heavy (non-hydrogen) atoms. The summed E-state index contributed by atoms with van der Waals surface area (Å²) >= 11 is 1.91. The number of anilines is 1. The lowest BCUT2D eigenvalue weighted by Gasteiger charge is -2.36. The van der Waals surface area contributed by atoms with Gasteiger partial charge in [-0.25, -0.2) is 9.97 Å². The molecule has 2 aliphatic rings. The molecule has 6 nitrogen and oxygen atoms in total. The third-order valence-electron chi connectivity index (χ3n) is 5.92. The number of thioether (sulfide) groups is 1. The summed E-state index contributed by atoms with van der Waals surface area (Å²) in [6.45, 7) is 14.2. The van der Waals surface area contributed by atoms with Crippen molar-refractivity contribution in [3.63, 3.8) is 0 Å². The number of hydrogen-bond donors (Lipinski definition) is 0. The van der Waals surface area contributed by atoms with Crippen LogP contribution in [0.5, 0.6) is 0 Å². The van der Waals surface area contributed by atoms with Crippen LogP contribution in [0.2, 0.25) is 0 Å². The molecule has 0 spiro atoms. The van der Waals surface area contributed by atoms with Gasteiger partial charge in [0.2, 0.25) is 0 Å². The van der Waals surface area contributed by atoms with Crippen molar-refractivity contribution in [1.82, 2.24) is 24.6 Å². The Morgan fingerprint density at radius 3 is 2.40 bits per heavy atom. The highest BCUT2D eigenvalue weighted by Gasteiger charge is 2.29. The van der Waals surface area contributed by atoms with E-state index >= 15 is 0 Å². The van der Waals surface area contributed by atoms with Crippen LogP contribution in [0.3, 0.4) is 0 Å². The van der Waals surface area contributed by atoms with E-state index in [1.807, 2.05) is 23.5 Å². The maximum absolute atomic E-state index is 4.97. The van der Waals surface area contributed by atoms with E-state index in [1.54, 1.807) is 0 Å². The quantitative estimate of drug-likeness (QED) is 0.491. The molecular formula is C23H36N6S. The standard InChI is InChI=1S/C23H36N6S/c1-17-15-21(27(5)26-17)30-14-6-9-28-10-12-29(13-11-28)20-16-19(18-7-8-18)24-22(25-20)23(2,3)4/h15-16,18H,6-14H2,1-5H3. The Morgan fingerprint density at radius 1 is 1.07 bits per heavy atom. The molecule has 1 aliphatic heterocycles. The molecule has 2 aromatic heterocycles. The topological polar surface area (TPSA) is 50.1 Å². The maximum atomic E-state index is 4.97. The summed E-state index contributed by atoms with van der Waals surface area (Å²) < 4.78 is 1.99. The van der Waals surface area contributed by atoms with Gasteiger partial charge >= 0.3 is 0 Å². The van der Waals surface area contributed by atoms with Gasteiger partial charge in [-0.1, -0.05) is 20.8 Å². The van der Waals surface area contributed by atoms with Crippen molar-refractivity contribution in [3.8, 4) is 0 Å². The van der Waals surface area contributed by atoms with Crippen LogP contribution < -0.4 is 4.90 Å². The molecule has 164 valence electrons. The molecule has 0 aromatic carbocycles. The largest absolute Gasteiger partial charge is 0.354 e. The number of rotatable bonds is 7. The van der Waals surface area contributed by atoms with E-state index in [0.717, 1.165) is 49.3 Å². The fourth-order valence-electron chi connectivity index (χ4n) is 3.93. The SMILES string of the molecule is Cc1cc(SCCCN2CCN(c3cc(C4CC4)nc(C(C)(C)C)n3)CC2)n(C)n1. The van der Waals surface area contributed by atoms with Crippen LogP contribution in [0.25, 0.3) is 0 Å². The van der Waals surface area contributed by atoms with Crippen molar-refractivity contribution in [3.05, 3.63) is 29.3 Å².